The number of likely N-dealkylation sites (N-methyl/N-ethyl adjacent to an activating group) is 1. The van der Waals surface area contributed by atoms with Gasteiger partial charge in [0.2, 0.25) is 0 Å². The number of ether oxygens (including phenoxy) is 2. The molecule has 6 nitrogen and oxygen atoms in total. The van der Waals surface area contributed by atoms with Crippen molar-refractivity contribution < 1.29 is 19.4 Å². The van der Waals surface area contributed by atoms with Crippen LogP contribution in [0.15, 0.2) is 18.2 Å². The van der Waals surface area contributed by atoms with E-state index in [0.717, 1.165) is 57.9 Å². The van der Waals surface area contributed by atoms with Gasteiger partial charge in [-0.2, -0.15) is 0 Å². The first-order valence-corrected chi connectivity index (χ1v) is 9.09. The highest BCUT2D eigenvalue weighted by molar-refractivity contribution is 5.69. The summed E-state index contributed by atoms with van der Waals surface area (Å²) < 4.78 is 11.3. The quantitative estimate of drug-likeness (QED) is 0.763. The van der Waals surface area contributed by atoms with Crippen LogP contribution in [0.5, 0.6) is 5.75 Å². The average Bonchev–Trinajstić information content (AvgIpc) is 3.02. The van der Waals surface area contributed by atoms with E-state index in [1.807, 2.05) is 11.9 Å². The van der Waals surface area contributed by atoms with Gasteiger partial charge in [0.25, 0.3) is 0 Å². The lowest BCUT2D eigenvalue weighted by atomic mass is 10.0. The van der Waals surface area contributed by atoms with Crippen LogP contribution in [0.1, 0.15) is 17.5 Å². The number of rotatable bonds is 8. The van der Waals surface area contributed by atoms with Crippen LogP contribution in [-0.2, 0) is 22.4 Å². The molecule has 0 aromatic heterocycles. The van der Waals surface area contributed by atoms with Crippen molar-refractivity contribution in [2.75, 3.05) is 53.0 Å². The Morgan fingerprint density at radius 3 is 3.12 bits per heavy atom. The molecule has 0 spiro atoms. The lowest BCUT2D eigenvalue weighted by Crippen LogP contribution is -2.47. The number of aliphatic carboxylic acids is 1. The highest BCUT2D eigenvalue weighted by Gasteiger charge is 2.22. The molecule has 138 valence electrons. The summed E-state index contributed by atoms with van der Waals surface area (Å²) >= 11 is 0. The normalized spacial score (nSPS) is 20.5. The van der Waals surface area contributed by atoms with Gasteiger partial charge < -0.3 is 14.6 Å². The van der Waals surface area contributed by atoms with Crippen molar-refractivity contribution in [3.63, 3.8) is 0 Å². The topological polar surface area (TPSA) is 62.2 Å². The standard InChI is InChI=1S/C19H28N2O4/c1-20(14-19(22)23)12-17-13-21(8-10-24-17)7-2-3-15-4-5-18-16(11-15)6-9-25-18/h4-5,11,17H,2-3,6-10,12-14H2,1H3,(H,22,23). The Hall–Kier alpha value is -1.63. The van der Waals surface area contributed by atoms with Crippen LogP contribution in [0.25, 0.3) is 0 Å². The van der Waals surface area contributed by atoms with Gasteiger partial charge in [0.05, 0.1) is 25.9 Å². The van der Waals surface area contributed by atoms with E-state index >= 15 is 0 Å². The second kappa shape index (κ2) is 8.65. The zero-order valence-electron chi connectivity index (χ0n) is 14.9. The van der Waals surface area contributed by atoms with Crippen LogP contribution >= 0.6 is 0 Å². The van der Waals surface area contributed by atoms with Gasteiger partial charge in [0, 0.05) is 26.1 Å². The predicted molar refractivity (Wildman–Crippen MR) is 95.3 cm³/mol. The van der Waals surface area contributed by atoms with Crippen LogP contribution in [-0.4, -0.2) is 80.0 Å². The van der Waals surface area contributed by atoms with Gasteiger partial charge in [-0.25, -0.2) is 0 Å². The van der Waals surface area contributed by atoms with E-state index in [2.05, 4.69) is 23.1 Å². The van der Waals surface area contributed by atoms with Crippen LogP contribution in [0.3, 0.4) is 0 Å². The maximum atomic E-state index is 10.8. The van der Waals surface area contributed by atoms with E-state index < -0.39 is 5.97 Å². The van der Waals surface area contributed by atoms with E-state index in [1.54, 1.807) is 0 Å². The number of aryl methyl sites for hydroxylation is 1. The smallest absolute Gasteiger partial charge is 0.317 e. The van der Waals surface area contributed by atoms with Crippen molar-refractivity contribution in [1.29, 1.82) is 0 Å². The van der Waals surface area contributed by atoms with Gasteiger partial charge >= 0.3 is 5.97 Å². The summed E-state index contributed by atoms with van der Waals surface area (Å²) in [6, 6.07) is 6.55. The van der Waals surface area contributed by atoms with Gasteiger partial charge in [0.1, 0.15) is 5.75 Å². The molecule has 1 atom stereocenters. The van der Waals surface area contributed by atoms with Crippen molar-refractivity contribution in [3.8, 4) is 5.75 Å². The SMILES string of the molecule is CN(CC(=O)O)CC1CN(CCCc2ccc3c(c2)CCO3)CCO1. The number of carbonyl (C=O) groups is 1. The maximum absolute atomic E-state index is 10.8. The van der Waals surface area contributed by atoms with Crippen LogP contribution in [0, 0.1) is 0 Å². The minimum absolute atomic E-state index is 0.0574. The molecule has 3 rings (SSSR count). The summed E-state index contributed by atoms with van der Waals surface area (Å²) in [5.41, 5.74) is 2.72. The Labute approximate surface area is 149 Å². The van der Waals surface area contributed by atoms with Gasteiger partial charge in [-0.15, -0.1) is 0 Å². The molecular weight excluding hydrogens is 320 g/mol. The summed E-state index contributed by atoms with van der Waals surface area (Å²) in [7, 11) is 1.83. The van der Waals surface area contributed by atoms with Crippen molar-refractivity contribution in [1.82, 2.24) is 9.80 Å². The first-order valence-electron chi connectivity index (χ1n) is 9.09. The molecule has 0 amide bonds. The zero-order valence-corrected chi connectivity index (χ0v) is 14.9. The highest BCUT2D eigenvalue weighted by Crippen LogP contribution is 2.26. The number of hydrogen-bond donors (Lipinski definition) is 1. The number of carboxylic acid groups (broad SMARTS) is 1. The van der Waals surface area contributed by atoms with Gasteiger partial charge in [-0.05, 0) is 43.6 Å². The molecule has 1 fully saturated rings. The third-order valence-electron chi connectivity index (χ3n) is 4.84. The average molecular weight is 348 g/mol. The summed E-state index contributed by atoms with van der Waals surface area (Å²) in [6.07, 6.45) is 3.32. The fourth-order valence-electron chi connectivity index (χ4n) is 3.64. The van der Waals surface area contributed by atoms with Gasteiger partial charge in [-0.3, -0.25) is 14.6 Å². The van der Waals surface area contributed by atoms with Crippen LogP contribution < -0.4 is 4.74 Å². The summed E-state index contributed by atoms with van der Waals surface area (Å²) in [6.45, 7) is 5.14. The zero-order chi connectivity index (χ0) is 17.6. The van der Waals surface area contributed by atoms with Gasteiger partial charge in [0.15, 0.2) is 0 Å². The third kappa shape index (κ3) is 5.42. The molecule has 0 radical (unpaired) electrons. The first kappa shape index (κ1) is 18.2. The molecule has 25 heavy (non-hydrogen) atoms. The van der Waals surface area contributed by atoms with Crippen LogP contribution in [0.4, 0.5) is 0 Å². The molecule has 1 aromatic rings. The van der Waals surface area contributed by atoms with Crippen LogP contribution in [0.2, 0.25) is 0 Å². The maximum Gasteiger partial charge on any atom is 0.317 e. The number of benzene rings is 1. The fourth-order valence-corrected chi connectivity index (χ4v) is 3.64. The minimum Gasteiger partial charge on any atom is -0.493 e. The molecule has 2 aliphatic rings. The number of hydrogen-bond acceptors (Lipinski definition) is 5. The Bertz CT molecular complexity index is 593. The molecule has 0 bridgehead atoms. The molecule has 1 N–H and O–H groups in total. The molecule has 1 unspecified atom stereocenters. The predicted octanol–water partition coefficient (Wildman–Crippen LogP) is 1.27. The molecule has 0 aliphatic carbocycles. The summed E-state index contributed by atoms with van der Waals surface area (Å²) in [4.78, 5) is 15.0. The lowest BCUT2D eigenvalue weighted by molar-refractivity contribution is -0.138. The van der Waals surface area contributed by atoms with Crippen molar-refractivity contribution in [3.05, 3.63) is 29.3 Å². The second-order valence-electron chi connectivity index (χ2n) is 7.03. The molecule has 1 saturated heterocycles. The van der Waals surface area contributed by atoms with E-state index in [9.17, 15) is 4.79 Å². The summed E-state index contributed by atoms with van der Waals surface area (Å²) in [5.74, 6) is 0.250. The number of morpholine rings is 1. The molecule has 1 aromatic carbocycles. The van der Waals surface area contributed by atoms with Crippen molar-refractivity contribution >= 4 is 5.97 Å². The second-order valence-corrected chi connectivity index (χ2v) is 7.03. The largest absolute Gasteiger partial charge is 0.493 e. The minimum atomic E-state index is -0.796. The number of nitrogens with zero attached hydrogens (tertiary/aromatic N) is 2. The number of carboxylic acids is 1. The third-order valence-corrected chi connectivity index (χ3v) is 4.84. The lowest BCUT2D eigenvalue weighted by Gasteiger charge is -2.34. The van der Waals surface area contributed by atoms with Crippen molar-refractivity contribution in [2.24, 2.45) is 0 Å². The molecular formula is C19H28N2O4. The van der Waals surface area contributed by atoms with Crippen molar-refractivity contribution in [2.45, 2.75) is 25.4 Å². The monoisotopic (exact) mass is 348 g/mol. The Morgan fingerprint density at radius 1 is 1.40 bits per heavy atom. The Morgan fingerprint density at radius 2 is 2.28 bits per heavy atom. The van der Waals surface area contributed by atoms with E-state index in [4.69, 9.17) is 14.6 Å². The molecule has 2 heterocycles. The van der Waals surface area contributed by atoms with E-state index in [-0.39, 0.29) is 12.6 Å². The first-order chi connectivity index (χ1) is 12.1. The summed E-state index contributed by atoms with van der Waals surface area (Å²) in [5, 5.41) is 8.85. The van der Waals surface area contributed by atoms with Gasteiger partial charge in [-0.1, -0.05) is 12.1 Å². The fraction of sp³-hybridized carbons (Fsp3) is 0.632. The molecule has 6 heteroatoms. The Balaban J connectivity index is 1.40. The molecule has 0 saturated carbocycles. The molecule has 2 aliphatic heterocycles. The Kier molecular flexibility index (Phi) is 6.29. The van der Waals surface area contributed by atoms with E-state index in [1.165, 1.54) is 11.1 Å². The number of fused-ring (bicyclic) bond motifs is 1. The van der Waals surface area contributed by atoms with E-state index in [0.29, 0.717) is 6.54 Å². The highest BCUT2D eigenvalue weighted by atomic mass is 16.5.